The second-order valence-electron chi connectivity index (χ2n) is 7.04. The number of aryl methyl sites for hydroxylation is 3. The fourth-order valence-electron chi connectivity index (χ4n) is 3.49. The van der Waals surface area contributed by atoms with E-state index in [0.717, 1.165) is 6.42 Å². The molecular weight excluding hydrogens is 352 g/mol. The highest BCUT2D eigenvalue weighted by molar-refractivity contribution is 5.74. The van der Waals surface area contributed by atoms with Gasteiger partial charge < -0.3 is 10.3 Å². The van der Waals surface area contributed by atoms with Crippen molar-refractivity contribution in [2.75, 3.05) is 0 Å². The molecule has 1 aromatic heterocycles. The van der Waals surface area contributed by atoms with E-state index in [9.17, 15) is 0 Å². The highest BCUT2D eigenvalue weighted by atomic mass is 14.9. The molecule has 0 bridgehead atoms. The quantitative estimate of drug-likeness (QED) is 0.483. The molecular formula is C27H38N2. The summed E-state index contributed by atoms with van der Waals surface area (Å²) in [6, 6.07) is 11.5. The van der Waals surface area contributed by atoms with Crippen molar-refractivity contribution in [3.05, 3.63) is 76.8 Å². The maximum Gasteiger partial charge on any atom is 0.0702 e. The van der Waals surface area contributed by atoms with E-state index in [4.69, 9.17) is 0 Å². The van der Waals surface area contributed by atoms with E-state index in [0.29, 0.717) is 0 Å². The first-order chi connectivity index (χ1) is 14.2. The summed E-state index contributed by atoms with van der Waals surface area (Å²) >= 11 is 0. The minimum absolute atomic E-state index is 0.236. The lowest BCUT2D eigenvalue weighted by Gasteiger charge is -2.20. The number of benzene rings is 1. The maximum absolute atomic E-state index is 4.00. The van der Waals surface area contributed by atoms with Gasteiger partial charge in [0.15, 0.2) is 0 Å². The van der Waals surface area contributed by atoms with Crippen LogP contribution in [0, 0.1) is 19.8 Å². The normalized spacial score (nSPS) is 14.6. The molecule has 0 spiro atoms. The van der Waals surface area contributed by atoms with Crippen molar-refractivity contribution in [1.82, 2.24) is 10.3 Å². The molecule has 3 rings (SSSR count). The molecule has 0 saturated carbocycles. The van der Waals surface area contributed by atoms with Gasteiger partial charge in [-0.05, 0) is 72.9 Å². The van der Waals surface area contributed by atoms with Crippen LogP contribution < -0.4 is 5.32 Å². The Bertz CT molecular complexity index is 805. The molecule has 0 fully saturated rings. The Morgan fingerprint density at radius 3 is 2.45 bits per heavy atom. The molecule has 1 aliphatic heterocycles. The Morgan fingerprint density at radius 1 is 1.00 bits per heavy atom. The Balaban J connectivity index is 0.000000989. The summed E-state index contributed by atoms with van der Waals surface area (Å²) in [5.41, 5.74) is 8.00. The number of terminal acetylenes is 1. The summed E-state index contributed by atoms with van der Waals surface area (Å²) < 4.78 is 0. The highest BCUT2D eigenvalue weighted by Gasteiger charge is 2.14. The van der Waals surface area contributed by atoms with Crippen molar-refractivity contribution in [3.8, 4) is 12.8 Å². The zero-order valence-electron chi connectivity index (χ0n) is 18.9. The van der Waals surface area contributed by atoms with Crippen LogP contribution >= 0.6 is 0 Å². The summed E-state index contributed by atoms with van der Waals surface area (Å²) in [4.78, 5) is 3.62. The first kappa shape index (κ1) is 24.4. The molecule has 0 amide bonds. The first-order valence-corrected chi connectivity index (χ1v) is 11.0. The average Bonchev–Trinajstić information content (AvgIpc) is 3.16. The molecule has 0 saturated heterocycles. The summed E-state index contributed by atoms with van der Waals surface area (Å²) in [5, 5.41) is 3.49. The Kier molecular flexibility index (Phi) is 11.4. The third kappa shape index (κ3) is 7.02. The second-order valence-corrected chi connectivity index (χ2v) is 7.04. The highest BCUT2D eigenvalue weighted by Crippen LogP contribution is 2.27. The summed E-state index contributed by atoms with van der Waals surface area (Å²) in [6.45, 7) is 10.7. The van der Waals surface area contributed by atoms with E-state index in [-0.39, 0.29) is 6.04 Å². The zero-order valence-corrected chi connectivity index (χ0v) is 18.9. The maximum atomic E-state index is 4.00. The Hall–Kier alpha value is -2.66. The number of nitrogens with one attached hydrogen (secondary N) is 2. The SMILES string of the molecule is C#C.CC.CCCCc1cccc(C2C=C(c3cc(C)c(CCC)[nH]3)C=CN2)c1. The molecule has 2 aromatic rings. The predicted octanol–water partition coefficient (Wildman–Crippen LogP) is 7.14. The number of aromatic nitrogens is 1. The van der Waals surface area contributed by atoms with Crippen LogP contribution in [0.1, 0.15) is 81.1 Å². The topological polar surface area (TPSA) is 27.8 Å². The van der Waals surface area contributed by atoms with Gasteiger partial charge in [0.05, 0.1) is 6.04 Å². The molecule has 1 aromatic carbocycles. The third-order valence-electron chi connectivity index (χ3n) is 4.95. The fraction of sp³-hybridized carbons (Fsp3) is 0.407. The van der Waals surface area contributed by atoms with Crippen LogP contribution in [0.5, 0.6) is 0 Å². The lowest BCUT2D eigenvalue weighted by atomic mass is 9.97. The van der Waals surface area contributed by atoms with Crippen LogP contribution in [0.25, 0.3) is 5.57 Å². The standard InChI is InChI=1S/C23H30N2.C2H6.C2H2/c1-4-6-9-18-10-7-11-19(15-18)22-16-20(12-13-24-22)23-14-17(3)21(25-23)8-5-2;2*1-2/h7,10-16,22,24-25H,4-6,8-9H2,1-3H3;1-2H3;1-2H. The predicted molar refractivity (Wildman–Crippen MR) is 129 cm³/mol. The summed E-state index contributed by atoms with van der Waals surface area (Å²) in [5.74, 6) is 0. The van der Waals surface area contributed by atoms with Gasteiger partial charge in [-0.1, -0.05) is 64.8 Å². The molecule has 1 unspecified atom stereocenters. The van der Waals surface area contributed by atoms with Gasteiger partial charge in [0.1, 0.15) is 0 Å². The van der Waals surface area contributed by atoms with Crippen LogP contribution in [0.3, 0.4) is 0 Å². The van der Waals surface area contributed by atoms with E-state index >= 15 is 0 Å². The van der Waals surface area contributed by atoms with Crippen LogP contribution in [0.2, 0.25) is 0 Å². The van der Waals surface area contributed by atoms with Crippen molar-refractivity contribution in [3.63, 3.8) is 0 Å². The van der Waals surface area contributed by atoms with E-state index in [2.05, 4.69) is 92.6 Å². The van der Waals surface area contributed by atoms with E-state index in [1.165, 1.54) is 59.3 Å². The summed E-state index contributed by atoms with van der Waals surface area (Å²) in [6.07, 6.45) is 20.5. The number of hydrogen-bond acceptors (Lipinski definition) is 1. The summed E-state index contributed by atoms with van der Waals surface area (Å²) in [7, 11) is 0. The molecule has 29 heavy (non-hydrogen) atoms. The minimum Gasteiger partial charge on any atom is -0.381 e. The molecule has 2 heterocycles. The molecule has 156 valence electrons. The van der Waals surface area contributed by atoms with Gasteiger partial charge in [-0.2, -0.15) is 0 Å². The van der Waals surface area contributed by atoms with Crippen LogP contribution in [0.4, 0.5) is 0 Å². The van der Waals surface area contributed by atoms with Crippen LogP contribution in [-0.4, -0.2) is 4.98 Å². The van der Waals surface area contributed by atoms with Gasteiger partial charge in [0, 0.05) is 11.4 Å². The van der Waals surface area contributed by atoms with Gasteiger partial charge in [-0.3, -0.25) is 0 Å². The molecule has 1 atom stereocenters. The molecule has 2 heteroatoms. The van der Waals surface area contributed by atoms with Gasteiger partial charge in [-0.25, -0.2) is 0 Å². The average molecular weight is 391 g/mol. The van der Waals surface area contributed by atoms with Crippen molar-refractivity contribution >= 4 is 5.57 Å². The smallest absolute Gasteiger partial charge is 0.0702 e. The number of dihydropyridines is 1. The number of H-pyrrole nitrogens is 1. The van der Waals surface area contributed by atoms with Gasteiger partial charge in [0.25, 0.3) is 0 Å². The molecule has 0 aliphatic carbocycles. The monoisotopic (exact) mass is 390 g/mol. The third-order valence-corrected chi connectivity index (χ3v) is 4.95. The molecule has 0 radical (unpaired) electrons. The number of allylic oxidation sites excluding steroid dienone is 2. The van der Waals surface area contributed by atoms with Crippen LogP contribution in [-0.2, 0) is 12.8 Å². The first-order valence-electron chi connectivity index (χ1n) is 11.0. The lowest BCUT2D eigenvalue weighted by Crippen LogP contribution is -2.16. The van der Waals surface area contributed by atoms with Crippen molar-refractivity contribution in [2.45, 2.75) is 72.8 Å². The second kappa shape index (κ2) is 13.5. The lowest BCUT2D eigenvalue weighted by molar-refractivity contribution is 0.742. The van der Waals surface area contributed by atoms with Gasteiger partial charge in [-0.15, -0.1) is 12.8 Å². The van der Waals surface area contributed by atoms with E-state index < -0.39 is 0 Å². The Morgan fingerprint density at radius 2 is 1.76 bits per heavy atom. The number of unbranched alkanes of at least 4 members (excludes halogenated alkanes) is 1. The largest absolute Gasteiger partial charge is 0.381 e. The zero-order chi connectivity index (χ0) is 21.6. The number of aromatic amines is 1. The minimum atomic E-state index is 0.236. The van der Waals surface area contributed by atoms with Crippen molar-refractivity contribution < 1.29 is 0 Å². The van der Waals surface area contributed by atoms with Crippen LogP contribution in [0.15, 0.2) is 48.7 Å². The number of hydrogen-bond donors (Lipinski definition) is 2. The van der Waals surface area contributed by atoms with Crippen molar-refractivity contribution in [1.29, 1.82) is 0 Å². The van der Waals surface area contributed by atoms with Gasteiger partial charge >= 0.3 is 0 Å². The molecule has 1 aliphatic rings. The number of rotatable bonds is 7. The van der Waals surface area contributed by atoms with E-state index in [1.807, 2.05) is 13.8 Å². The van der Waals surface area contributed by atoms with Crippen molar-refractivity contribution in [2.24, 2.45) is 0 Å². The Labute approximate surface area is 178 Å². The molecule has 2 N–H and O–H groups in total. The fourth-order valence-corrected chi connectivity index (χ4v) is 3.49. The van der Waals surface area contributed by atoms with E-state index in [1.54, 1.807) is 0 Å². The molecule has 2 nitrogen and oxygen atoms in total. The van der Waals surface area contributed by atoms with Gasteiger partial charge in [0.2, 0.25) is 0 Å².